The van der Waals surface area contributed by atoms with Gasteiger partial charge < -0.3 is 14.5 Å². The number of carbonyl (C=O) groups is 1. The van der Waals surface area contributed by atoms with Gasteiger partial charge in [0.15, 0.2) is 6.61 Å². The minimum Gasteiger partial charge on any atom is -0.484 e. The molecule has 0 unspecified atom stereocenters. The second-order valence-corrected chi connectivity index (χ2v) is 6.75. The monoisotopic (exact) mass is 429 g/mol. The smallest absolute Gasteiger partial charge is 0.484 e. The van der Waals surface area contributed by atoms with Crippen LogP contribution in [-0.4, -0.2) is 41.7 Å². The summed E-state index contributed by atoms with van der Waals surface area (Å²) < 4.78 is 63.9. The fourth-order valence-corrected chi connectivity index (χ4v) is 2.79. The number of alkyl halides is 3. The van der Waals surface area contributed by atoms with Crippen molar-refractivity contribution in [3.63, 3.8) is 0 Å². The van der Waals surface area contributed by atoms with E-state index in [2.05, 4.69) is 26.8 Å². The zero-order valence-corrected chi connectivity index (χ0v) is 15.7. The fourth-order valence-electron chi connectivity index (χ4n) is 2.79. The Morgan fingerprint density at radius 1 is 1.23 bits per heavy atom. The summed E-state index contributed by atoms with van der Waals surface area (Å²) in [6.07, 6.45) is -4.93. The lowest BCUT2D eigenvalue weighted by molar-refractivity contribution is -0.352. The first-order valence-corrected chi connectivity index (χ1v) is 9.11. The van der Waals surface area contributed by atoms with E-state index in [1.54, 1.807) is 0 Å². The van der Waals surface area contributed by atoms with Gasteiger partial charge in [0.2, 0.25) is 11.8 Å². The van der Waals surface area contributed by atoms with E-state index in [9.17, 15) is 22.4 Å². The van der Waals surface area contributed by atoms with Crippen molar-refractivity contribution < 1.29 is 36.2 Å². The summed E-state index contributed by atoms with van der Waals surface area (Å²) in [7, 11) is 0. The molecule has 162 valence electrons. The molecule has 1 heterocycles. The van der Waals surface area contributed by atoms with Crippen molar-refractivity contribution in [2.24, 2.45) is 0 Å². The first-order valence-electron chi connectivity index (χ1n) is 9.11. The molecule has 1 N–H and O–H groups in total. The molecule has 1 aromatic heterocycles. The average molecular weight is 429 g/mol. The predicted molar refractivity (Wildman–Crippen MR) is 95.8 cm³/mol. The molecule has 0 atom stereocenters. The van der Waals surface area contributed by atoms with E-state index < -0.39 is 18.3 Å². The molecule has 30 heavy (non-hydrogen) atoms. The lowest BCUT2D eigenvalue weighted by atomic mass is 9.82. The minimum atomic E-state index is -4.65. The van der Waals surface area contributed by atoms with Crippen LogP contribution in [0.4, 0.5) is 17.6 Å². The molecule has 1 fully saturated rings. The maximum absolute atomic E-state index is 12.8. The van der Waals surface area contributed by atoms with E-state index in [1.165, 1.54) is 24.3 Å². The normalized spacial score (nSPS) is 18.5. The zero-order valence-electron chi connectivity index (χ0n) is 15.7. The van der Waals surface area contributed by atoms with Crippen molar-refractivity contribution in [2.45, 2.75) is 37.6 Å². The summed E-state index contributed by atoms with van der Waals surface area (Å²) in [4.78, 5) is 11.8. The number of nitrogens with one attached hydrogen (secondary N) is 1. The molecule has 0 aliphatic heterocycles. The second kappa shape index (κ2) is 9.24. The lowest BCUT2D eigenvalue weighted by Gasteiger charge is -2.32. The fraction of sp³-hybridized carbons (Fsp3) is 0.421. The van der Waals surface area contributed by atoms with E-state index in [-0.39, 0.29) is 49.6 Å². The van der Waals surface area contributed by atoms with Crippen LogP contribution in [0.25, 0.3) is 5.57 Å². The largest absolute Gasteiger partial charge is 0.522 e. The summed E-state index contributed by atoms with van der Waals surface area (Å²) in [6, 6.07) is 5.28. The van der Waals surface area contributed by atoms with Gasteiger partial charge in [0, 0.05) is 18.0 Å². The Morgan fingerprint density at radius 3 is 2.60 bits per heavy atom. The van der Waals surface area contributed by atoms with Gasteiger partial charge in [-0.1, -0.05) is 6.58 Å². The number of hydrogen-bond acceptors (Lipinski definition) is 6. The van der Waals surface area contributed by atoms with Gasteiger partial charge in [0.1, 0.15) is 11.6 Å². The van der Waals surface area contributed by atoms with Gasteiger partial charge in [-0.3, -0.25) is 9.53 Å². The lowest BCUT2D eigenvalue weighted by Crippen LogP contribution is -2.34. The Kier molecular flexibility index (Phi) is 6.70. The van der Waals surface area contributed by atoms with Crippen LogP contribution in [0.15, 0.2) is 35.3 Å². The van der Waals surface area contributed by atoms with E-state index in [4.69, 9.17) is 9.15 Å². The highest BCUT2D eigenvalue weighted by Gasteiger charge is 2.42. The van der Waals surface area contributed by atoms with E-state index in [0.717, 1.165) is 0 Å². The second-order valence-electron chi connectivity index (χ2n) is 6.75. The van der Waals surface area contributed by atoms with Crippen molar-refractivity contribution >= 4 is 11.5 Å². The molecule has 2 aromatic rings. The van der Waals surface area contributed by atoms with Gasteiger partial charge in [-0.05, 0) is 43.5 Å². The Balaban J connectivity index is 1.35. The number of halogens is 4. The van der Waals surface area contributed by atoms with Gasteiger partial charge in [0.25, 0.3) is 5.91 Å². The number of benzene rings is 1. The van der Waals surface area contributed by atoms with Gasteiger partial charge in [0.05, 0.1) is 6.10 Å². The third-order valence-electron chi connectivity index (χ3n) is 4.42. The molecule has 1 saturated carbocycles. The van der Waals surface area contributed by atoms with Crippen LogP contribution in [0.1, 0.15) is 37.0 Å². The molecular weight excluding hydrogens is 410 g/mol. The summed E-state index contributed by atoms with van der Waals surface area (Å²) >= 11 is 0. The summed E-state index contributed by atoms with van der Waals surface area (Å²) in [5.74, 6) is -0.278. The van der Waals surface area contributed by atoms with Crippen molar-refractivity contribution in [3.05, 3.63) is 48.4 Å². The highest BCUT2D eigenvalue weighted by molar-refractivity contribution is 5.77. The summed E-state index contributed by atoms with van der Waals surface area (Å²) in [6.45, 7) is 3.83. The topological polar surface area (TPSA) is 86.5 Å². The molecule has 1 aliphatic carbocycles. The predicted octanol–water partition coefficient (Wildman–Crippen LogP) is 3.59. The number of ether oxygens (including phenoxy) is 2. The number of rotatable bonds is 9. The SMILES string of the molecule is C=C(CCNC(=O)COc1ccc(F)cc1)c1nnc(C2CC(OC(F)(F)F)C2)o1. The average Bonchev–Trinajstić information content (AvgIpc) is 3.13. The maximum Gasteiger partial charge on any atom is 0.522 e. The molecule has 1 amide bonds. The highest BCUT2D eigenvalue weighted by Crippen LogP contribution is 2.41. The molecular formula is C19H19F4N3O4. The Labute approximate surface area is 169 Å². The van der Waals surface area contributed by atoms with Gasteiger partial charge in [-0.25, -0.2) is 4.39 Å². The number of amides is 1. The molecule has 11 heteroatoms. The molecule has 1 aliphatic rings. The molecule has 0 radical (unpaired) electrons. The molecule has 7 nitrogen and oxygen atoms in total. The van der Waals surface area contributed by atoms with Gasteiger partial charge in [-0.2, -0.15) is 0 Å². The quantitative estimate of drug-likeness (QED) is 0.613. The van der Waals surface area contributed by atoms with Crippen LogP contribution in [0.2, 0.25) is 0 Å². The van der Waals surface area contributed by atoms with E-state index >= 15 is 0 Å². The molecule has 3 rings (SSSR count). The van der Waals surface area contributed by atoms with E-state index in [0.29, 0.717) is 17.7 Å². The minimum absolute atomic E-state index is 0.151. The molecule has 0 bridgehead atoms. The summed E-state index contributed by atoms with van der Waals surface area (Å²) in [5, 5.41) is 10.3. The molecule has 1 aromatic carbocycles. The number of hydrogen-bond donors (Lipinski definition) is 1. The van der Waals surface area contributed by atoms with Crippen LogP contribution < -0.4 is 10.1 Å². The van der Waals surface area contributed by atoms with Crippen molar-refractivity contribution in [2.75, 3.05) is 13.2 Å². The Hall–Kier alpha value is -2.95. The van der Waals surface area contributed by atoms with Crippen LogP contribution in [0.3, 0.4) is 0 Å². The van der Waals surface area contributed by atoms with Crippen LogP contribution >= 0.6 is 0 Å². The highest BCUT2D eigenvalue weighted by atomic mass is 19.4. The van der Waals surface area contributed by atoms with Crippen LogP contribution in [-0.2, 0) is 9.53 Å². The third-order valence-corrected chi connectivity index (χ3v) is 4.42. The van der Waals surface area contributed by atoms with Crippen LogP contribution in [0, 0.1) is 5.82 Å². The number of carbonyl (C=O) groups excluding carboxylic acids is 1. The Morgan fingerprint density at radius 2 is 1.93 bits per heavy atom. The Bertz CT molecular complexity index is 877. The van der Waals surface area contributed by atoms with E-state index in [1.807, 2.05) is 0 Å². The number of nitrogens with zero attached hydrogens (tertiary/aromatic N) is 2. The van der Waals surface area contributed by atoms with Crippen molar-refractivity contribution in [1.82, 2.24) is 15.5 Å². The van der Waals surface area contributed by atoms with Gasteiger partial charge in [-0.15, -0.1) is 23.4 Å². The van der Waals surface area contributed by atoms with Crippen molar-refractivity contribution in [3.8, 4) is 5.75 Å². The van der Waals surface area contributed by atoms with Crippen molar-refractivity contribution in [1.29, 1.82) is 0 Å². The standard InChI is InChI=1S/C19H19F4N3O4/c1-11(6-7-24-16(27)10-28-14-4-2-13(20)3-5-14)17-25-26-18(29-17)12-8-15(9-12)30-19(21,22)23/h2-5,12,15H,1,6-10H2,(H,24,27). The molecule has 0 spiro atoms. The first kappa shape index (κ1) is 21.8. The number of aromatic nitrogens is 2. The zero-order chi connectivity index (χ0) is 21.7. The maximum atomic E-state index is 12.8. The summed E-state index contributed by atoms with van der Waals surface area (Å²) in [5.41, 5.74) is 0.482. The first-order chi connectivity index (χ1) is 14.2. The molecule has 0 saturated heterocycles. The third kappa shape index (κ3) is 6.28. The van der Waals surface area contributed by atoms with Crippen LogP contribution in [0.5, 0.6) is 5.75 Å². The van der Waals surface area contributed by atoms with Gasteiger partial charge >= 0.3 is 6.36 Å².